The van der Waals surface area contributed by atoms with Crippen LogP contribution >= 0.6 is 22.9 Å². The zero-order chi connectivity index (χ0) is 22.8. The summed E-state index contributed by atoms with van der Waals surface area (Å²) in [6, 6.07) is 8.84. The lowest BCUT2D eigenvalue weighted by atomic mass is 9.95. The molecule has 170 valence electrons. The number of rotatable bonds is 6. The van der Waals surface area contributed by atoms with E-state index in [0.717, 1.165) is 48.4 Å². The van der Waals surface area contributed by atoms with Gasteiger partial charge in [0.2, 0.25) is 5.28 Å². The van der Waals surface area contributed by atoms with Crippen LogP contribution in [0.2, 0.25) is 5.28 Å². The number of halogens is 1. The Labute approximate surface area is 198 Å². The molecule has 2 aromatic heterocycles. The number of thiophene rings is 1. The smallest absolute Gasteiger partial charge is 0.309 e. The van der Waals surface area contributed by atoms with Crippen LogP contribution in [0, 0.1) is 5.92 Å². The van der Waals surface area contributed by atoms with Gasteiger partial charge in [0.25, 0.3) is 0 Å². The summed E-state index contributed by atoms with van der Waals surface area (Å²) in [5, 5.41) is 1.34. The zero-order valence-corrected chi connectivity index (χ0v) is 20.7. The van der Waals surface area contributed by atoms with Gasteiger partial charge in [0.1, 0.15) is 10.6 Å². The van der Waals surface area contributed by atoms with Crippen LogP contribution in [0.15, 0.2) is 24.3 Å². The lowest BCUT2D eigenvalue weighted by molar-refractivity contribution is -0.148. The Bertz CT molecular complexity index is 1100. The Balaban J connectivity index is 1.75. The van der Waals surface area contributed by atoms with E-state index < -0.39 is 0 Å². The molecule has 5 nitrogen and oxygen atoms in total. The third-order valence-electron chi connectivity index (χ3n) is 6.18. The van der Waals surface area contributed by atoms with Crippen molar-refractivity contribution in [2.24, 2.45) is 5.92 Å². The second-order valence-corrected chi connectivity index (χ2v) is 9.96. The molecule has 1 aliphatic heterocycles. The number of hydrogen-bond donors (Lipinski definition) is 0. The molecule has 0 radical (unpaired) electrons. The third kappa shape index (κ3) is 4.48. The Kier molecular flexibility index (Phi) is 7.01. The fourth-order valence-electron chi connectivity index (χ4n) is 4.41. The summed E-state index contributed by atoms with van der Waals surface area (Å²) in [6.07, 6.45) is 2.43. The van der Waals surface area contributed by atoms with Crippen molar-refractivity contribution in [3.63, 3.8) is 0 Å². The van der Waals surface area contributed by atoms with E-state index in [1.807, 2.05) is 6.92 Å². The minimum absolute atomic E-state index is 0.0456. The van der Waals surface area contributed by atoms with Crippen LogP contribution in [0.1, 0.15) is 56.9 Å². The van der Waals surface area contributed by atoms with Crippen molar-refractivity contribution in [3.8, 4) is 11.1 Å². The van der Waals surface area contributed by atoms with Gasteiger partial charge < -0.3 is 9.64 Å². The van der Waals surface area contributed by atoms with E-state index in [-0.39, 0.29) is 17.2 Å². The third-order valence-corrected chi connectivity index (χ3v) is 7.58. The van der Waals surface area contributed by atoms with Crippen LogP contribution in [-0.4, -0.2) is 35.6 Å². The van der Waals surface area contributed by atoms with Crippen LogP contribution in [-0.2, 0) is 16.0 Å². The molecule has 3 heterocycles. The number of benzene rings is 1. The summed E-state index contributed by atoms with van der Waals surface area (Å²) in [7, 11) is 0. The Morgan fingerprint density at radius 1 is 1.19 bits per heavy atom. The quantitative estimate of drug-likeness (QED) is 0.304. The van der Waals surface area contributed by atoms with Crippen LogP contribution < -0.4 is 4.90 Å². The van der Waals surface area contributed by atoms with Gasteiger partial charge in [-0.3, -0.25) is 4.79 Å². The van der Waals surface area contributed by atoms with Gasteiger partial charge in [-0.2, -0.15) is 4.98 Å². The first-order valence-electron chi connectivity index (χ1n) is 11.4. The van der Waals surface area contributed by atoms with Gasteiger partial charge in [0, 0.05) is 23.5 Å². The number of anilines is 1. The lowest BCUT2D eigenvalue weighted by Gasteiger charge is -2.32. The average Bonchev–Trinajstić information content (AvgIpc) is 3.17. The fourth-order valence-corrected chi connectivity index (χ4v) is 5.75. The molecule has 3 aromatic rings. The number of nitrogens with zero attached hydrogens (tertiary/aromatic N) is 3. The molecular weight excluding hydrogens is 442 g/mol. The van der Waals surface area contributed by atoms with Crippen LogP contribution in [0.5, 0.6) is 0 Å². The molecule has 0 saturated carbocycles. The predicted octanol–water partition coefficient (Wildman–Crippen LogP) is 6.48. The number of aromatic nitrogens is 2. The van der Waals surface area contributed by atoms with E-state index in [4.69, 9.17) is 16.3 Å². The van der Waals surface area contributed by atoms with E-state index in [9.17, 15) is 4.79 Å². The summed E-state index contributed by atoms with van der Waals surface area (Å²) in [5.74, 6) is 1.23. The highest BCUT2D eigenvalue weighted by atomic mass is 35.5. The van der Waals surface area contributed by atoms with Crippen molar-refractivity contribution >= 4 is 44.9 Å². The van der Waals surface area contributed by atoms with Gasteiger partial charge in [0.15, 0.2) is 0 Å². The predicted molar refractivity (Wildman–Crippen MR) is 133 cm³/mol. The van der Waals surface area contributed by atoms with Crippen LogP contribution in [0.4, 0.5) is 5.82 Å². The van der Waals surface area contributed by atoms with E-state index in [1.54, 1.807) is 11.3 Å². The standard InChI is InChI=1S/C25H30ClN3O2S/c1-5-19-20(17-9-7-16(8-10-17)15(3)4)21-22(27-25(26)28-23(21)32-19)29-13-11-18(12-14-29)24(30)31-6-2/h7-10,15,18H,5-6,11-14H2,1-4H3. The first-order chi connectivity index (χ1) is 15.4. The summed E-state index contributed by atoms with van der Waals surface area (Å²) in [4.78, 5) is 25.9. The molecule has 0 amide bonds. The topological polar surface area (TPSA) is 55.3 Å². The molecule has 1 saturated heterocycles. The summed E-state index contributed by atoms with van der Waals surface area (Å²) >= 11 is 8.05. The number of ether oxygens (including phenoxy) is 1. The first kappa shape index (κ1) is 23.0. The number of carbonyl (C=O) groups is 1. The molecule has 0 unspecified atom stereocenters. The Morgan fingerprint density at radius 3 is 2.47 bits per heavy atom. The molecule has 7 heteroatoms. The molecular formula is C25H30ClN3O2S. The van der Waals surface area contributed by atoms with Crippen molar-refractivity contribution < 1.29 is 9.53 Å². The van der Waals surface area contributed by atoms with Crippen molar-refractivity contribution in [2.75, 3.05) is 24.6 Å². The van der Waals surface area contributed by atoms with E-state index in [1.165, 1.54) is 21.6 Å². The van der Waals surface area contributed by atoms with Gasteiger partial charge >= 0.3 is 5.97 Å². The molecule has 0 spiro atoms. The molecule has 1 aromatic carbocycles. The number of hydrogen-bond acceptors (Lipinski definition) is 6. The highest BCUT2D eigenvalue weighted by Crippen LogP contribution is 2.43. The number of esters is 1. The van der Waals surface area contributed by atoms with Gasteiger partial charge in [-0.1, -0.05) is 45.0 Å². The summed E-state index contributed by atoms with van der Waals surface area (Å²) < 4.78 is 5.23. The minimum atomic E-state index is -0.0900. The highest BCUT2D eigenvalue weighted by molar-refractivity contribution is 7.19. The van der Waals surface area contributed by atoms with Gasteiger partial charge in [0.05, 0.1) is 17.9 Å². The van der Waals surface area contributed by atoms with Gasteiger partial charge in [-0.25, -0.2) is 4.98 Å². The first-order valence-corrected chi connectivity index (χ1v) is 12.6. The normalized spacial score (nSPS) is 15.0. The second kappa shape index (κ2) is 9.75. The summed E-state index contributed by atoms with van der Waals surface area (Å²) in [5.41, 5.74) is 3.72. The average molecular weight is 472 g/mol. The van der Waals surface area contributed by atoms with Gasteiger partial charge in [-0.05, 0) is 54.8 Å². The highest BCUT2D eigenvalue weighted by Gasteiger charge is 2.29. The maximum absolute atomic E-state index is 12.2. The zero-order valence-electron chi connectivity index (χ0n) is 19.2. The molecule has 0 aliphatic carbocycles. The van der Waals surface area contributed by atoms with E-state index >= 15 is 0 Å². The van der Waals surface area contributed by atoms with E-state index in [0.29, 0.717) is 12.5 Å². The monoisotopic (exact) mass is 471 g/mol. The Morgan fingerprint density at radius 2 is 1.88 bits per heavy atom. The molecule has 1 fully saturated rings. The van der Waals surface area contributed by atoms with Crippen LogP contribution in [0.3, 0.4) is 0 Å². The number of fused-ring (bicyclic) bond motifs is 1. The molecule has 0 bridgehead atoms. The fraction of sp³-hybridized carbons (Fsp3) is 0.480. The minimum Gasteiger partial charge on any atom is -0.466 e. The number of carbonyl (C=O) groups excluding carboxylic acids is 1. The van der Waals surface area contributed by atoms with Crippen molar-refractivity contribution in [1.82, 2.24) is 9.97 Å². The largest absolute Gasteiger partial charge is 0.466 e. The molecule has 4 rings (SSSR count). The molecule has 32 heavy (non-hydrogen) atoms. The maximum atomic E-state index is 12.2. The molecule has 0 atom stereocenters. The number of piperidine rings is 1. The van der Waals surface area contributed by atoms with Crippen molar-refractivity contribution in [3.05, 3.63) is 40.0 Å². The Hall–Kier alpha value is -2.18. The molecule has 1 aliphatic rings. The van der Waals surface area contributed by atoms with Gasteiger partial charge in [-0.15, -0.1) is 11.3 Å². The SMILES string of the molecule is CCOC(=O)C1CCN(c2nc(Cl)nc3sc(CC)c(-c4ccc(C(C)C)cc4)c23)CC1. The molecule has 0 N–H and O–H groups in total. The van der Waals surface area contributed by atoms with Crippen molar-refractivity contribution in [1.29, 1.82) is 0 Å². The maximum Gasteiger partial charge on any atom is 0.309 e. The lowest BCUT2D eigenvalue weighted by Crippen LogP contribution is -2.37. The van der Waals surface area contributed by atoms with E-state index in [2.05, 4.69) is 59.9 Å². The number of aryl methyl sites for hydroxylation is 1. The second-order valence-electron chi connectivity index (χ2n) is 8.54. The van der Waals surface area contributed by atoms with Crippen LogP contribution in [0.25, 0.3) is 21.3 Å². The summed E-state index contributed by atoms with van der Waals surface area (Å²) in [6.45, 7) is 10.4. The van der Waals surface area contributed by atoms with Crippen molar-refractivity contribution in [2.45, 2.75) is 52.9 Å².